The van der Waals surface area contributed by atoms with Gasteiger partial charge in [-0.15, -0.1) is 0 Å². The Morgan fingerprint density at radius 2 is 2.40 bits per heavy atom. The Morgan fingerprint density at radius 1 is 1.80 bits per heavy atom. The molecule has 0 unspecified atom stereocenters. The molecule has 3 N–H and O–H groups in total. The highest BCUT2D eigenvalue weighted by molar-refractivity contribution is 5.04. The van der Waals surface area contributed by atoms with E-state index in [0.717, 1.165) is 5.69 Å². The average molecular weight is 141 g/mol. The van der Waals surface area contributed by atoms with Gasteiger partial charge in [-0.05, 0) is 6.92 Å². The van der Waals surface area contributed by atoms with Crippen molar-refractivity contribution in [2.24, 2.45) is 12.8 Å². The summed E-state index contributed by atoms with van der Waals surface area (Å²) in [7, 11) is 1.76. The van der Waals surface area contributed by atoms with Crippen molar-refractivity contribution in [1.82, 2.24) is 9.78 Å². The first-order valence-electron chi connectivity index (χ1n) is 3.13. The number of nitrogens with one attached hydrogen (secondary N) is 1. The third kappa shape index (κ3) is 1.11. The van der Waals surface area contributed by atoms with Crippen molar-refractivity contribution in [3.8, 4) is 0 Å². The first-order valence-corrected chi connectivity index (χ1v) is 3.13. The molecule has 10 heavy (non-hydrogen) atoms. The van der Waals surface area contributed by atoms with E-state index in [1.807, 2.05) is 6.92 Å². The number of aryl methyl sites for hydroxylation is 1. The Hall–Kier alpha value is -1.03. The molecule has 0 aromatic carbocycles. The fourth-order valence-corrected chi connectivity index (χ4v) is 0.930. The smallest absolute Gasteiger partial charge is 0.264 e. The Bertz CT molecular complexity index is 271. The van der Waals surface area contributed by atoms with Gasteiger partial charge in [-0.2, -0.15) is 0 Å². The molecule has 4 heteroatoms. The van der Waals surface area contributed by atoms with Gasteiger partial charge in [0, 0.05) is 19.2 Å². The predicted molar refractivity (Wildman–Crippen MR) is 38.6 cm³/mol. The van der Waals surface area contributed by atoms with Gasteiger partial charge in [0.25, 0.3) is 5.56 Å². The summed E-state index contributed by atoms with van der Waals surface area (Å²) < 4.78 is 1.63. The van der Waals surface area contributed by atoms with E-state index < -0.39 is 0 Å². The van der Waals surface area contributed by atoms with Gasteiger partial charge >= 0.3 is 0 Å². The Balaban J connectivity index is 3.15. The Labute approximate surface area is 58.6 Å². The van der Waals surface area contributed by atoms with Crippen LogP contribution in [0.5, 0.6) is 0 Å². The van der Waals surface area contributed by atoms with Crippen LogP contribution >= 0.6 is 0 Å². The number of hydrogen-bond donors (Lipinski definition) is 2. The fraction of sp³-hybridized carbons (Fsp3) is 0.500. The monoisotopic (exact) mass is 141 g/mol. The second-order valence-corrected chi connectivity index (χ2v) is 2.39. The normalized spacial score (nSPS) is 13.5. The van der Waals surface area contributed by atoms with Crippen molar-refractivity contribution in [2.45, 2.75) is 13.0 Å². The van der Waals surface area contributed by atoms with E-state index in [9.17, 15) is 4.79 Å². The van der Waals surface area contributed by atoms with Gasteiger partial charge in [0.05, 0.1) is 5.69 Å². The summed E-state index contributed by atoms with van der Waals surface area (Å²) in [6.45, 7) is 1.84. The highest BCUT2D eigenvalue weighted by Crippen LogP contribution is 2.02. The summed E-state index contributed by atoms with van der Waals surface area (Å²) in [5.41, 5.74) is 6.27. The molecule has 0 aliphatic heterocycles. The third-order valence-electron chi connectivity index (χ3n) is 1.41. The Morgan fingerprint density at radius 3 is 2.60 bits per heavy atom. The maximum atomic E-state index is 10.7. The number of nitrogens with zero attached hydrogens (tertiary/aromatic N) is 1. The van der Waals surface area contributed by atoms with E-state index in [4.69, 9.17) is 5.73 Å². The Kier molecular flexibility index (Phi) is 1.63. The van der Waals surface area contributed by atoms with E-state index in [1.54, 1.807) is 11.7 Å². The lowest BCUT2D eigenvalue weighted by Gasteiger charge is -2.03. The molecule has 1 heterocycles. The van der Waals surface area contributed by atoms with Gasteiger partial charge < -0.3 is 5.73 Å². The first kappa shape index (κ1) is 7.08. The van der Waals surface area contributed by atoms with Crippen LogP contribution in [0.1, 0.15) is 18.7 Å². The van der Waals surface area contributed by atoms with Gasteiger partial charge in [-0.25, -0.2) is 0 Å². The van der Waals surface area contributed by atoms with E-state index in [-0.39, 0.29) is 11.6 Å². The van der Waals surface area contributed by atoms with Crippen molar-refractivity contribution in [3.63, 3.8) is 0 Å². The third-order valence-corrected chi connectivity index (χ3v) is 1.41. The lowest BCUT2D eigenvalue weighted by Crippen LogP contribution is -2.10. The van der Waals surface area contributed by atoms with E-state index >= 15 is 0 Å². The van der Waals surface area contributed by atoms with Crippen LogP contribution in [0.2, 0.25) is 0 Å². The van der Waals surface area contributed by atoms with Crippen LogP contribution in [0.4, 0.5) is 0 Å². The van der Waals surface area contributed by atoms with Crippen LogP contribution in [0, 0.1) is 0 Å². The molecule has 0 amide bonds. The highest BCUT2D eigenvalue weighted by Gasteiger charge is 2.03. The maximum absolute atomic E-state index is 10.7. The number of aromatic amines is 1. The van der Waals surface area contributed by atoms with Crippen molar-refractivity contribution in [1.29, 1.82) is 0 Å². The van der Waals surface area contributed by atoms with Gasteiger partial charge in [0.2, 0.25) is 0 Å². The van der Waals surface area contributed by atoms with Crippen LogP contribution in [0.15, 0.2) is 10.9 Å². The molecule has 0 spiro atoms. The molecule has 1 aromatic heterocycles. The summed E-state index contributed by atoms with van der Waals surface area (Å²) in [4.78, 5) is 10.7. The quantitative estimate of drug-likeness (QED) is 0.565. The molecular weight excluding hydrogens is 130 g/mol. The summed E-state index contributed by atoms with van der Waals surface area (Å²) >= 11 is 0. The van der Waals surface area contributed by atoms with Crippen LogP contribution in [0.3, 0.4) is 0 Å². The molecule has 1 aromatic rings. The SMILES string of the molecule is C[C@H](N)c1cc(=O)[nH]n1C. The topological polar surface area (TPSA) is 63.8 Å². The van der Waals surface area contributed by atoms with Gasteiger partial charge in [0.1, 0.15) is 0 Å². The van der Waals surface area contributed by atoms with Gasteiger partial charge in [-0.1, -0.05) is 0 Å². The summed E-state index contributed by atoms with van der Waals surface area (Å²) in [5, 5.41) is 2.57. The number of H-pyrrole nitrogens is 1. The molecule has 4 nitrogen and oxygen atoms in total. The molecule has 0 saturated carbocycles. The largest absolute Gasteiger partial charge is 0.323 e. The van der Waals surface area contributed by atoms with Gasteiger partial charge in [-0.3, -0.25) is 14.6 Å². The molecule has 0 fully saturated rings. The van der Waals surface area contributed by atoms with Crippen molar-refractivity contribution < 1.29 is 0 Å². The molecule has 56 valence electrons. The second-order valence-electron chi connectivity index (χ2n) is 2.39. The second kappa shape index (κ2) is 2.30. The standard InChI is InChI=1S/C6H11N3O/c1-4(7)5-3-6(10)8-9(5)2/h3-4H,7H2,1-2H3,(H,8,10)/t4-/m0/s1. The minimum Gasteiger partial charge on any atom is -0.323 e. The molecule has 0 aliphatic rings. The highest BCUT2D eigenvalue weighted by atomic mass is 16.1. The maximum Gasteiger partial charge on any atom is 0.264 e. The zero-order chi connectivity index (χ0) is 7.72. The van der Waals surface area contributed by atoms with E-state index in [2.05, 4.69) is 5.10 Å². The van der Waals surface area contributed by atoms with Gasteiger partial charge in [0.15, 0.2) is 0 Å². The van der Waals surface area contributed by atoms with Crippen molar-refractivity contribution in [2.75, 3.05) is 0 Å². The molecule has 0 radical (unpaired) electrons. The number of nitrogens with two attached hydrogens (primary N) is 1. The number of aromatic nitrogens is 2. The van der Waals surface area contributed by atoms with Crippen LogP contribution in [-0.4, -0.2) is 9.78 Å². The van der Waals surface area contributed by atoms with Crippen molar-refractivity contribution in [3.05, 3.63) is 22.1 Å². The predicted octanol–water partition coefficient (Wildman–Crippen LogP) is -0.267. The summed E-state index contributed by atoms with van der Waals surface area (Å²) in [6.07, 6.45) is 0. The van der Waals surface area contributed by atoms with Crippen molar-refractivity contribution >= 4 is 0 Å². The average Bonchev–Trinajstić information content (AvgIpc) is 2.10. The lowest BCUT2D eigenvalue weighted by molar-refractivity contribution is 0.651. The summed E-state index contributed by atoms with van der Waals surface area (Å²) in [5.74, 6) is 0. The minimum atomic E-state index is -0.102. The fourth-order valence-electron chi connectivity index (χ4n) is 0.930. The van der Waals surface area contributed by atoms with Crippen LogP contribution in [0.25, 0.3) is 0 Å². The molecule has 1 atom stereocenters. The zero-order valence-electron chi connectivity index (χ0n) is 6.09. The molecule has 0 aliphatic carbocycles. The lowest BCUT2D eigenvalue weighted by atomic mass is 10.2. The molecule has 0 saturated heterocycles. The molecule has 1 rings (SSSR count). The number of hydrogen-bond acceptors (Lipinski definition) is 2. The number of rotatable bonds is 1. The van der Waals surface area contributed by atoms with E-state index in [0.29, 0.717) is 0 Å². The van der Waals surface area contributed by atoms with Crippen LogP contribution in [-0.2, 0) is 7.05 Å². The molecular formula is C6H11N3O. The minimum absolute atomic E-state index is 0.0936. The molecule has 0 bridgehead atoms. The summed E-state index contributed by atoms with van der Waals surface area (Å²) in [6, 6.07) is 1.41. The van der Waals surface area contributed by atoms with Crippen LogP contribution < -0.4 is 11.3 Å². The zero-order valence-corrected chi connectivity index (χ0v) is 6.09. The van der Waals surface area contributed by atoms with E-state index in [1.165, 1.54) is 6.07 Å². The first-order chi connectivity index (χ1) is 4.61.